The maximum absolute atomic E-state index is 5.89. The second-order valence-electron chi connectivity index (χ2n) is 4.99. The summed E-state index contributed by atoms with van der Waals surface area (Å²) in [6.07, 6.45) is 2.49. The molecule has 2 aromatic heterocycles. The van der Waals surface area contributed by atoms with Gasteiger partial charge in [0.15, 0.2) is 5.16 Å². The first-order valence-electron chi connectivity index (χ1n) is 6.56. The number of anilines is 1. The van der Waals surface area contributed by atoms with Gasteiger partial charge in [-0.3, -0.25) is 0 Å². The highest BCUT2D eigenvalue weighted by molar-refractivity contribution is 7.99. The van der Waals surface area contributed by atoms with Crippen LogP contribution in [0.15, 0.2) is 22.3 Å². The van der Waals surface area contributed by atoms with Gasteiger partial charge in [0, 0.05) is 7.05 Å². The molecule has 2 N–H and O–H groups in total. The van der Waals surface area contributed by atoms with Gasteiger partial charge in [0.2, 0.25) is 5.88 Å². The monoisotopic (exact) mass is 291 g/mol. The van der Waals surface area contributed by atoms with Crippen LogP contribution < -0.4 is 10.5 Å². The number of nitrogens with zero attached hydrogens (tertiary/aromatic N) is 4. The van der Waals surface area contributed by atoms with Gasteiger partial charge in [-0.05, 0) is 49.6 Å². The first-order chi connectivity index (χ1) is 9.63. The molecule has 1 aliphatic rings. The minimum Gasteiger partial charge on any atom is -0.476 e. The van der Waals surface area contributed by atoms with Crippen molar-refractivity contribution in [3.05, 3.63) is 18.0 Å². The van der Waals surface area contributed by atoms with Crippen molar-refractivity contribution in [1.29, 1.82) is 0 Å². The lowest BCUT2D eigenvalue weighted by molar-refractivity contribution is 0.288. The molecule has 0 saturated heterocycles. The largest absolute Gasteiger partial charge is 0.476 e. The summed E-state index contributed by atoms with van der Waals surface area (Å²) in [5.41, 5.74) is 6.47. The molecule has 0 spiro atoms. The molecule has 1 saturated carbocycles. The van der Waals surface area contributed by atoms with Gasteiger partial charge in [-0.2, -0.15) is 0 Å². The van der Waals surface area contributed by atoms with Gasteiger partial charge in [0.05, 0.1) is 12.3 Å². The maximum Gasteiger partial charge on any atom is 0.238 e. The quantitative estimate of drug-likeness (QED) is 0.908. The van der Waals surface area contributed by atoms with E-state index in [0.29, 0.717) is 24.1 Å². The van der Waals surface area contributed by atoms with Crippen molar-refractivity contribution in [2.75, 3.05) is 12.3 Å². The highest BCUT2D eigenvalue weighted by Gasteiger charge is 2.22. The molecule has 2 heterocycles. The Balaban J connectivity index is 1.75. The molecular weight excluding hydrogens is 274 g/mol. The van der Waals surface area contributed by atoms with E-state index in [1.807, 2.05) is 30.7 Å². The number of ether oxygens (including phenoxy) is 1. The van der Waals surface area contributed by atoms with E-state index in [4.69, 9.17) is 10.5 Å². The van der Waals surface area contributed by atoms with Crippen molar-refractivity contribution in [3.8, 4) is 5.88 Å². The molecule has 20 heavy (non-hydrogen) atoms. The molecule has 1 fully saturated rings. The van der Waals surface area contributed by atoms with Gasteiger partial charge >= 0.3 is 0 Å². The lowest BCUT2D eigenvalue weighted by atomic mass is 10.4. The number of rotatable bonds is 5. The molecule has 0 amide bonds. The van der Waals surface area contributed by atoms with E-state index >= 15 is 0 Å². The molecule has 6 nitrogen and oxygen atoms in total. The van der Waals surface area contributed by atoms with Gasteiger partial charge in [-0.25, -0.2) is 4.98 Å². The predicted molar refractivity (Wildman–Crippen MR) is 76.7 cm³/mol. The number of hydrogen-bond acceptors (Lipinski definition) is 6. The fourth-order valence-corrected chi connectivity index (χ4v) is 2.46. The Morgan fingerprint density at radius 1 is 1.40 bits per heavy atom. The van der Waals surface area contributed by atoms with Crippen LogP contribution in [0.5, 0.6) is 5.88 Å². The highest BCUT2D eigenvalue weighted by atomic mass is 32.2. The minimum absolute atomic E-state index is 0.515. The van der Waals surface area contributed by atoms with Crippen LogP contribution in [0.1, 0.15) is 18.7 Å². The van der Waals surface area contributed by atoms with Gasteiger partial charge in [-0.15, -0.1) is 10.2 Å². The van der Waals surface area contributed by atoms with Crippen LogP contribution in [0.3, 0.4) is 0 Å². The molecule has 1 aliphatic carbocycles. The Morgan fingerprint density at radius 3 is 2.85 bits per heavy atom. The summed E-state index contributed by atoms with van der Waals surface area (Å²) in [7, 11) is 1.93. The zero-order valence-electron chi connectivity index (χ0n) is 11.5. The summed E-state index contributed by atoms with van der Waals surface area (Å²) in [6.45, 7) is 2.62. The van der Waals surface area contributed by atoms with Crippen LogP contribution in [0.4, 0.5) is 5.69 Å². The van der Waals surface area contributed by atoms with Gasteiger partial charge in [0.25, 0.3) is 0 Å². The molecule has 0 unspecified atom stereocenters. The van der Waals surface area contributed by atoms with E-state index < -0.39 is 0 Å². The third-order valence-corrected chi connectivity index (χ3v) is 4.24. The van der Waals surface area contributed by atoms with Gasteiger partial charge < -0.3 is 15.0 Å². The zero-order valence-corrected chi connectivity index (χ0v) is 12.4. The van der Waals surface area contributed by atoms with Crippen molar-refractivity contribution in [3.63, 3.8) is 0 Å². The van der Waals surface area contributed by atoms with Crippen molar-refractivity contribution in [1.82, 2.24) is 19.7 Å². The molecule has 0 bridgehead atoms. The molecule has 7 heteroatoms. The molecule has 0 radical (unpaired) electrons. The number of hydrogen-bond donors (Lipinski definition) is 1. The molecule has 3 rings (SSSR count). The fourth-order valence-electron chi connectivity index (χ4n) is 1.66. The van der Waals surface area contributed by atoms with E-state index in [9.17, 15) is 0 Å². The van der Waals surface area contributed by atoms with E-state index in [2.05, 4.69) is 15.2 Å². The van der Waals surface area contributed by atoms with Crippen molar-refractivity contribution < 1.29 is 4.74 Å². The van der Waals surface area contributed by atoms with Gasteiger partial charge in [-0.1, -0.05) is 0 Å². The number of aromatic nitrogens is 4. The Labute approximate surface area is 121 Å². The fraction of sp³-hybridized carbons (Fsp3) is 0.462. The average Bonchev–Trinajstić information content (AvgIpc) is 3.21. The second-order valence-corrected chi connectivity index (χ2v) is 5.98. The van der Waals surface area contributed by atoms with Crippen LogP contribution in [0.2, 0.25) is 0 Å². The summed E-state index contributed by atoms with van der Waals surface area (Å²) in [5.74, 6) is 2.06. The Kier molecular flexibility index (Phi) is 3.52. The molecule has 0 aromatic carbocycles. The van der Waals surface area contributed by atoms with E-state index in [1.54, 1.807) is 0 Å². The van der Waals surface area contributed by atoms with Crippen molar-refractivity contribution >= 4 is 17.4 Å². The normalized spacial score (nSPS) is 14.5. The summed E-state index contributed by atoms with van der Waals surface area (Å²) in [4.78, 5) is 4.45. The highest BCUT2D eigenvalue weighted by Crippen LogP contribution is 2.32. The number of nitrogens with two attached hydrogens (primary N) is 1. The van der Waals surface area contributed by atoms with Gasteiger partial charge in [0.1, 0.15) is 10.9 Å². The molecule has 0 aliphatic heterocycles. The number of pyridine rings is 1. The second kappa shape index (κ2) is 5.32. The summed E-state index contributed by atoms with van der Waals surface area (Å²) < 4.78 is 7.61. The first kappa shape index (κ1) is 13.2. The zero-order chi connectivity index (χ0) is 14.1. The molecular formula is C13H17N5OS. The number of aryl methyl sites for hydroxylation is 1. The lowest BCUT2D eigenvalue weighted by Crippen LogP contribution is -2.04. The van der Waals surface area contributed by atoms with Crippen molar-refractivity contribution in [2.24, 2.45) is 13.0 Å². The van der Waals surface area contributed by atoms with Crippen LogP contribution in [-0.2, 0) is 7.05 Å². The Morgan fingerprint density at radius 2 is 2.20 bits per heavy atom. The maximum atomic E-state index is 5.89. The standard InChI is InChI=1S/C13H17N5OS/c1-8-16-17-13(18(8)2)20-11-6-5-10(14)12(15-11)19-7-9-3-4-9/h5-6,9H,3-4,7,14H2,1-2H3. The minimum atomic E-state index is 0.515. The molecule has 0 atom stereocenters. The topological polar surface area (TPSA) is 78.8 Å². The predicted octanol–water partition coefficient (Wildman–Crippen LogP) is 2.04. The van der Waals surface area contributed by atoms with Crippen LogP contribution in [0.25, 0.3) is 0 Å². The Bertz CT molecular complexity index is 623. The Hall–Kier alpha value is -1.76. The summed E-state index contributed by atoms with van der Waals surface area (Å²) >= 11 is 1.45. The van der Waals surface area contributed by atoms with Crippen LogP contribution in [-0.4, -0.2) is 26.4 Å². The SMILES string of the molecule is Cc1nnc(Sc2ccc(N)c(OCC3CC3)n2)n1C. The van der Waals surface area contributed by atoms with E-state index in [1.165, 1.54) is 24.6 Å². The van der Waals surface area contributed by atoms with Crippen LogP contribution >= 0.6 is 11.8 Å². The number of nitrogen functional groups attached to an aromatic ring is 1. The van der Waals surface area contributed by atoms with Crippen molar-refractivity contribution in [2.45, 2.75) is 29.9 Å². The third kappa shape index (κ3) is 2.87. The summed E-state index contributed by atoms with van der Waals surface area (Å²) in [5, 5.41) is 9.74. The lowest BCUT2D eigenvalue weighted by Gasteiger charge is -2.08. The third-order valence-electron chi connectivity index (χ3n) is 3.27. The van der Waals surface area contributed by atoms with E-state index in [-0.39, 0.29) is 0 Å². The van der Waals surface area contributed by atoms with Crippen LogP contribution in [0, 0.1) is 12.8 Å². The molecule has 2 aromatic rings. The first-order valence-corrected chi connectivity index (χ1v) is 7.38. The smallest absolute Gasteiger partial charge is 0.238 e. The molecule has 106 valence electrons. The average molecular weight is 291 g/mol. The summed E-state index contributed by atoms with van der Waals surface area (Å²) in [6, 6.07) is 3.69. The van der Waals surface area contributed by atoms with E-state index in [0.717, 1.165) is 16.0 Å².